The van der Waals surface area contributed by atoms with Gasteiger partial charge in [-0.15, -0.1) is 18.3 Å². The monoisotopic (exact) mass is 264 g/mol. The molecule has 1 fully saturated rings. The van der Waals surface area contributed by atoms with Crippen molar-refractivity contribution in [2.24, 2.45) is 0 Å². The van der Waals surface area contributed by atoms with E-state index in [2.05, 4.69) is 22.9 Å². The van der Waals surface area contributed by atoms with Gasteiger partial charge in [0.1, 0.15) is 4.75 Å². The molecule has 1 saturated heterocycles. The van der Waals surface area contributed by atoms with Crippen molar-refractivity contribution in [1.82, 2.24) is 10.3 Å². The number of nitrogens with zero attached hydrogens (tertiary/aromatic N) is 1. The number of nitrogens with one attached hydrogen (secondary N) is 1. The van der Waals surface area contributed by atoms with Crippen molar-refractivity contribution in [1.29, 1.82) is 0 Å². The Morgan fingerprint density at radius 1 is 1.65 bits per heavy atom. The minimum Gasteiger partial charge on any atom is -0.375 e. The van der Waals surface area contributed by atoms with Gasteiger partial charge in [-0.2, -0.15) is 0 Å². The molecule has 0 aliphatic carbocycles. The Morgan fingerprint density at radius 3 is 3.12 bits per heavy atom. The number of hydrogen-bond acceptors (Lipinski definition) is 3. The van der Waals surface area contributed by atoms with Gasteiger partial charge in [-0.1, -0.05) is 24.4 Å². The lowest BCUT2D eigenvalue weighted by Gasteiger charge is -2.28. The van der Waals surface area contributed by atoms with E-state index >= 15 is 0 Å². The molecule has 1 unspecified atom stereocenters. The highest BCUT2D eigenvalue weighted by atomic mass is 32.2. The van der Waals surface area contributed by atoms with Crippen LogP contribution >= 0.6 is 24.0 Å². The van der Waals surface area contributed by atoms with Crippen LogP contribution in [0.25, 0.3) is 0 Å². The first-order valence-electron chi connectivity index (χ1n) is 5.74. The zero-order chi connectivity index (χ0) is 12.1. The molecule has 90 valence electrons. The molecule has 1 aromatic rings. The number of pyridine rings is 1. The lowest BCUT2D eigenvalue weighted by Crippen LogP contribution is -2.39. The summed E-state index contributed by atoms with van der Waals surface area (Å²) in [6, 6.07) is 6.04. The van der Waals surface area contributed by atoms with Crippen LogP contribution in [0.15, 0.2) is 37.1 Å². The van der Waals surface area contributed by atoms with Crippen LogP contribution in [0.2, 0.25) is 0 Å². The summed E-state index contributed by atoms with van der Waals surface area (Å²) in [4.78, 5) is 5.38. The fourth-order valence-corrected chi connectivity index (χ4v) is 3.91. The van der Waals surface area contributed by atoms with Crippen molar-refractivity contribution in [3.05, 3.63) is 42.7 Å². The maximum absolute atomic E-state index is 5.55. The Kier molecular flexibility index (Phi) is 4.18. The lowest BCUT2D eigenvalue weighted by atomic mass is 9.98. The Balaban J connectivity index is 2.27. The van der Waals surface area contributed by atoms with Gasteiger partial charge in [-0.3, -0.25) is 4.98 Å². The van der Waals surface area contributed by atoms with Gasteiger partial charge in [0.25, 0.3) is 0 Å². The first-order valence-corrected chi connectivity index (χ1v) is 7.13. The number of thiocarbonyl (C=S) groups is 1. The molecule has 4 heteroatoms. The minimum atomic E-state index is -0.125. The topological polar surface area (TPSA) is 24.9 Å². The zero-order valence-corrected chi connectivity index (χ0v) is 11.3. The molecule has 0 radical (unpaired) electrons. The van der Waals surface area contributed by atoms with Crippen LogP contribution in [0, 0.1) is 0 Å². The molecular formula is C13H16N2S2. The fourth-order valence-electron chi connectivity index (χ4n) is 2.05. The quantitative estimate of drug-likeness (QED) is 0.668. The van der Waals surface area contributed by atoms with Crippen LogP contribution in [0.5, 0.6) is 0 Å². The summed E-state index contributed by atoms with van der Waals surface area (Å²) in [5, 5.41) is 3.27. The average molecular weight is 264 g/mol. The van der Waals surface area contributed by atoms with Crippen molar-refractivity contribution < 1.29 is 0 Å². The van der Waals surface area contributed by atoms with Crippen molar-refractivity contribution in [3.63, 3.8) is 0 Å². The highest BCUT2D eigenvalue weighted by Crippen LogP contribution is 2.46. The second kappa shape index (κ2) is 5.65. The number of aromatic nitrogens is 1. The molecule has 2 nitrogen and oxygen atoms in total. The summed E-state index contributed by atoms with van der Waals surface area (Å²) in [6.07, 6.45) is 5.93. The molecule has 17 heavy (non-hydrogen) atoms. The van der Waals surface area contributed by atoms with E-state index in [1.54, 1.807) is 0 Å². The summed E-state index contributed by atoms with van der Waals surface area (Å²) < 4.78 is -0.125. The zero-order valence-electron chi connectivity index (χ0n) is 9.69. The van der Waals surface area contributed by atoms with E-state index in [0.29, 0.717) is 6.54 Å². The maximum atomic E-state index is 5.55. The Labute approximate surface area is 112 Å². The second-order valence-electron chi connectivity index (χ2n) is 3.99. The SMILES string of the molecule is C=CCNC(=S)C1(c2ccccn2)CCCS1. The third kappa shape index (κ3) is 2.53. The Bertz CT molecular complexity index is 397. The molecule has 0 amide bonds. The number of thioether (sulfide) groups is 1. The molecule has 1 aliphatic rings. The van der Waals surface area contributed by atoms with E-state index in [0.717, 1.165) is 22.9 Å². The molecule has 1 aromatic heterocycles. The predicted molar refractivity (Wildman–Crippen MR) is 78.4 cm³/mol. The highest BCUT2D eigenvalue weighted by Gasteiger charge is 2.41. The smallest absolute Gasteiger partial charge is 0.108 e. The lowest BCUT2D eigenvalue weighted by molar-refractivity contribution is 0.707. The van der Waals surface area contributed by atoms with Crippen molar-refractivity contribution in [2.45, 2.75) is 17.6 Å². The molecule has 1 aliphatic heterocycles. The summed E-state index contributed by atoms with van der Waals surface area (Å²) in [7, 11) is 0. The number of hydrogen-bond donors (Lipinski definition) is 1. The maximum Gasteiger partial charge on any atom is 0.108 e. The molecule has 0 saturated carbocycles. The van der Waals surface area contributed by atoms with Crippen molar-refractivity contribution in [3.8, 4) is 0 Å². The van der Waals surface area contributed by atoms with E-state index in [4.69, 9.17) is 12.2 Å². The Hall–Kier alpha value is -0.870. The van der Waals surface area contributed by atoms with Crippen LogP contribution < -0.4 is 5.32 Å². The van der Waals surface area contributed by atoms with Crippen LogP contribution in [-0.2, 0) is 4.75 Å². The van der Waals surface area contributed by atoms with Crippen molar-refractivity contribution in [2.75, 3.05) is 12.3 Å². The third-order valence-electron chi connectivity index (χ3n) is 2.87. The summed E-state index contributed by atoms with van der Waals surface area (Å²) >= 11 is 7.45. The first-order chi connectivity index (χ1) is 8.29. The third-order valence-corrected chi connectivity index (χ3v) is 5.10. The molecule has 0 spiro atoms. The van der Waals surface area contributed by atoms with Gasteiger partial charge in [0.15, 0.2) is 0 Å². The van der Waals surface area contributed by atoms with E-state index < -0.39 is 0 Å². The van der Waals surface area contributed by atoms with Crippen LogP contribution in [0.3, 0.4) is 0 Å². The molecule has 1 N–H and O–H groups in total. The van der Waals surface area contributed by atoms with E-state index in [-0.39, 0.29) is 4.75 Å². The van der Waals surface area contributed by atoms with Crippen LogP contribution in [0.1, 0.15) is 18.5 Å². The summed E-state index contributed by atoms with van der Waals surface area (Å²) in [5.41, 5.74) is 1.07. The molecule has 2 heterocycles. The molecule has 2 rings (SSSR count). The Morgan fingerprint density at radius 2 is 2.53 bits per heavy atom. The first kappa shape index (κ1) is 12.6. The molecular weight excluding hydrogens is 248 g/mol. The number of rotatable bonds is 4. The largest absolute Gasteiger partial charge is 0.375 e. The molecule has 0 aromatic carbocycles. The normalized spacial score (nSPS) is 23.3. The molecule has 1 atom stereocenters. The van der Waals surface area contributed by atoms with Gasteiger partial charge in [0.2, 0.25) is 0 Å². The highest BCUT2D eigenvalue weighted by molar-refractivity contribution is 8.02. The fraction of sp³-hybridized carbons (Fsp3) is 0.385. The predicted octanol–water partition coefficient (Wildman–Crippen LogP) is 2.91. The van der Waals surface area contributed by atoms with Crippen molar-refractivity contribution >= 4 is 29.0 Å². The van der Waals surface area contributed by atoms with E-state index in [1.165, 1.54) is 6.42 Å². The van der Waals surface area contributed by atoms with Gasteiger partial charge in [0.05, 0.1) is 10.7 Å². The van der Waals surface area contributed by atoms with Gasteiger partial charge in [-0.05, 0) is 30.7 Å². The minimum absolute atomic E-state index is 0.125. The average Bonchev–Trinajstić information content (AvgIpc) is 2.87. The van der Waals surface area contributed by atoms with Gasteiger partial charge in [0, 0.05) is 12.7 Å². The summed E-state index contributed by atoms with van der Waals surface area (Å²) in [5.74, 6) is 1.15. The van der Waals surface area contributed by atoms with Gasteiger partial charge < -0.3 is 5.32 Å². The van der Waals surface area contributed by atoms with Gasteiger partial charge in [-0.25, -0.2) is 0 Å². The van der Waals surface area contributed by atoms with Gasteiger partial charge >= 0.3 is 0 Å². The second-order valence-corrected chi connectivity index (χ2v) is 5.79. The summed E-state index contributed by atoms with van der Waals surface area (Å²) in [6.45, 7) is 4.43. The molecule has 0 bridgehead atoms. The van der Waals surface area contributed by atoms with E-state index in [1.807, 2.05) is 36.2 Å². The van der Waals surface area contributed by atoms with E-state index in [9.17, 15) is 0 Å². The van der Waals surface area contributed by atoms with Crippen LogP contribution in [0.4, 0.5) is 0 Å². The van der Waals surface area contributed by atoms with Crippen LogP contribution in [-0.4, -0.2) is 22.3 Å². The standard InChI is InChI=1S/C13H16N2S2/c1-2-8-15-12(16)13(7-5-10-17-13)11-6-3-4-9-14-11/h2-4,6,9H,1,5,7-8,10H2,(H,15,16).